The van der Waals surface area contributed by atoms with Crippen LogP contribution in [0.1, 0.15) is 37.1 Å². The number of piperidine rings is 1. The van der Waals surface area contributed by atoms with Crippen LogP contribution in [0.5, 0.6) is 0 Å². The smallest absolute Gasteiger partial charge is 0.318 e. The molecular weight excluding hydrogens is 555 g/mol. The summed E-state index contributed by atoms with van der Waals surface area (Å²) in [6.45, 7) is 4.04. The van der Waals surface area contributed by atoms with Crippen molar-refractivity contribution in [1.82, 2.24) is 43.8 Å². The Kier molecular flexibility index (Phi) is 5.26. The Balaban J connectivity index is 1.27. The zero-order valence-electron chi connectivity index (χ0n) is 23.3. The molecule has 14 heteroatoms. The molecule has 4 bridgehead atoms. The number of quaternary nitrogens is 1. The molecule has 6 aromatic rings. The largest absolute Gasteiger partial charge is 0.336 e. The molecular formula is C29H26FN10O3+. The van der Waals surface area contributed by atoms with E-state index >= 15 is 4.39 Å². The van der Waals surface area contributed by atoms with Crippen LogP contribution in [0, 0.1) is 12.7 Å². The number of benzene rings is 2. The van der Waals surface area contributed by atoms with Crippen molar-refractivity contribution < 1.29 is 14.0 Å². The molecule has 0 unspecified atom stereocenters. The standard InChI is InChI=1S/C29H25FN10O3/c1-15-26(28(43)38-29(34-15)31-14-33-38)35-24(42)13-37-22-5-3-4-19-20-11-23-18(10-21(20)30)12-32-39(23)40(16(2)41)8-6-17(7-9-40)27(36-37)25(19)22/h3-5,10-12,14,17H,6-9,13H2,1-2H3,(H-,31,32,33,34,35,36,42,43)/p+1. The summed E-state index contributed by atoms with van der Waals surface area (Å²) in [6, 6.07) is 8.75. The molecule has 0 aliphatic carbocycles. The van der Waals surface area contributed by atoms with E-state index in [2.05, 4.69) is 25.5 Å². The Morgan fingerprint density at radius 3 is 2.77 bits per heavy atom. The van der Waals surface area contributed by atoms with Gasteiger partial charge in [0.2, 0.25) is 5.91 Å². The summed E-state index contributed by atoms with van der Waals surface area (Å²) in [7, 11) is 0. The van der Waals surface area contributed by atoms with E-state index in [9.17, 15) is 14.4 Å². The second-order valence-corrected chi connectivity index (χ2v) is 11.3. The molecule has 3 aliphatic rings. The molecule has 4 aromatic heterocycles. The highest BCUT2D eigenvalue weighted by molar-refractivity contribution is 6.01. The predicted molar refractivity (Wildman–Crippen MR) is 155 cm³/mol. The average molecular weight is 582 g/mol. The molecule has 2 N–H and O–H groups in total. The van der Waals surface area contributed by atoms with Gasteiger partial charge in [-0.15, -0.1) is 9.69 Å². The van der Waals surface area contributed by atoms with Crippen molar-refractivity contribution in [3.63, 3.8) is 0 Å². The van der Waals surface area contributed by atoms with Crippen LogP contribution in [0.25, 0.3) is 38.7 Å². The number of nitrogens with one attached hydrogen (secondary N) is 2. The van der Waals surface area contributed by atoms with Crippen LogP contribution in [0.15, 0.2) is 47.7 Å². The fraction of sp³-hybridized carbons (Fsp3) is 0.276. The highest BCUT2D eigenvalue weighted by Gasteiger charge is 2.44. The van der Waals surface area contributed by atoms with Gasteiger partial charge in [-0.25, -0.2) is 19.2 Å². The lowest BCUT2D eigenvalue weighted by atomic mass is 9.88. The van der Waals surface area contributed by atoms with E-state index in [0.29, 0.717) is 59.2 Å². The van der Waals surface area contributed by atoms with Crippen molar-refractivity contribution in [3.8, 4) is 11.1 Å². The number of aryl methyl sites for hydroxylation is 1. The minimum absolute atomic E-state index is 0.0249. The molecule has 2 amide bonds. The van der Waals surface area contributed by atoms with Gasteiger partial charge in [0.05, 0.1) is 30.0 Å². The minimum atomic E-state index is -0.476. The first-order chi connectivity index (χ1) is 20.7. The second-order valence-electron chi connectivity index (χ2n) is 11.3. The Bertz CT molecular complexity index is 2220. The lowest BCUT2D eigenvalue weighted by Gasteiger charge is -2.39. The van der Waals surface area contributed by atoms with E-state index in [1.54, 1.807) is 35.6 Å². The number of anilines is 1. The lowest BCUT2D eigenvalue weighted by Crippen LogP contribution is -2.65. The summed E-state index contributed by atoms with van der Waals surface area (Å²) in [5, 5.41) is 16.3. The van der Waals surface area contributed by atoms with Crippen LogP contribution in [0.4, 0.5) is 10.1 Å². The minimum Gasteiger partial charge on any atom is -0.318 e. The number of aromatic nitrogens is 8. The molecule has 3 aliphatic heterocycles. The van der Waals surface area contributed by atoms with E-state index < -0.39 is 17.3 Å². The molecule has 216 valence electrons. The molecule has 7 heterocycles. The highest BCUT2D eigenvalue weighted by Crippen LogP contribution is 2.42. The maximum absolute atomic E-state index is 15.7. The molecule has 0 saturated carbocycles. The van der Waals surface area contributed by atoms with Crippen molar-refractivity contribution >= 4 is 45.1 Å². The molecule has 9 rings (SSSR count). The second kappa shape index (κ2) is 8.88. The molecule has 13 nitrogen and oxygen atoms in total. The van der Waals surface area contributed by atoms with Crippen molar-refractivity contribution in [2.45, 2.75) is 39.2 Å². The topological polar surface area (TPSA) is 145 Å². The summed E-state index contributed by atoms with van der Waals surface area (Å²) in [5.41, 5.74) is 3.05. The number of hydrogen-bond donors (Lipinski definition) is 2. The maximum atomic E-state index is 15.7. The normalized spacial score (nSPS) is 19.4. The van der Waals surface area contributed by atoms with Crippen molar-refractivity contribution in [2.24, 2.45) is 0 Å². The van der Waals surface area contributed by atoms with Gasteiger partial charge in [0.1, 0.15) is 43.0 Å². The van der Waals surface area contributed by atoms with Gasteiger partial charge < -0.3 is 5.32 Å². The van der Waals surface area contributed by atoms with Gasteiger partial charge in [-0.2, -0.15) is 9.61 Å². The molecule has 0 atom stereocenters. The van der Waals surface area contributed by atoms with Gasteiger partial charge >= 0.3 is 5.91 Å². The van der Waals surface area contributed by atoms with Gasteiger partial charge in [-0.1, -0.05) is 16.9 Å². The zero-order valence-corrected chi connectivity index (χ0v) is 23.3. The van der Waals surface area contributed by atoms with E-state index in [0.717, 1.165) is 15.6 Å². The average Bonchev–Trinajstić information content (AvgIpc) is 3.72. The number of hydrogen-bond acceptors (Lipinski definition) is 7. The van der Waals surface area contributed by atoms with E-state index in [4.69, 9.17) is 5.10 Å². The summed E-state index contributed by atoms with van der Waals surface area (Å²) in [5.74, 6) is -0.728. The number of aromatic amines is 1. The van der Waals surface area contributed by atoms with Crippen LogP contribution in [0.2, 0.25) is 0 Å². The Labute approximate surface area is 242 Å². The Morgan fingerprint density at radius 1 is 1.16 bits per heavy atom. The fourth-order valence-corrected chi connectivity index (χ4v) is 6.76. The number of H-pyrrole nitrogens is 1. The van der Waals surface area contributed by atoms with Crippen LogP contribution >= 0.6 is 0 Å². The first kappa shape index (κ1) is 25.5. The van der Waals surface area contributed by atoms with E-state index in [1.807, 2.05) is 18.2 Å². The van der Waals surface area contributed by atoms with Gasteiger partial charge in [-0.3, -0.25) is 19.4 Å². The predicted octanol–water partition coefficient (Wildman–Crippen LogP) is 2.75. The summed E-state index contributed by atoms with van der Waals surface area (Å²) in [4.78, 5) is 49.5. The zero-order chi connectivity index (χ0) is 29.6. The number of halogens is 1. The fourth-order valence-electron chi connectivity index (χ4n) is 6.76. The molecule has 0 radical (unpaired) electrons. The van der Waals surface area contributed by atoms with E-state index in [-0.39, 0.29) is 34.4 Å². The van der Waals surface area contributed by atoms with Crippen LogP contribution in [0.3, 0.4) is 0 Å². The quantitative estimate of drug-likeness (QED) is 0.306. The number of nitrogens with zero attached hydrogens (tertiary/aromatic N) is 8. The summed E-state index contributed by atoms with van der Waals surface area (Å²) in [6.07, 6.45) is 4.26. The third kappa shape index (κ3) is 3.56. The van der Waals surface area contributed by atoms with E-state index in [1.165, 1.54) is 12.4 Å². The molecule has 2 aromatic carbocycles. The van der Waals surface area contributed by atoms with Gasteiger partial charge in [0, 0.05) is 35.1 Å². The lowest BCUT2D eigenvalue weighted by molar-refractivity contribution is -0.137. The SMILES string of the molecule is CC(=O)[N+]12CCC(CC1)c1nn(CC(=O)Nc3c(C)nc4nc[nH]n4c3=O)c3cccc(c13)-c1cc3c(cnn32)cc1F. The number of amides is 2. The number of rotatable bonds is 3. The van der Waals surface area contributed by atoms with Gasteiger partial charge in [-0.05, 0) is 30.7 Å². The third-order valence-electron chi connectivity index (χ3n) is 8.93. The molecule has 43 heavy (non-hydrogen) atoms. The van der Waals surface area contributed by atoms with Crippen molar-refractivity contribution in [1.29, 1.82) is 0 Å². The first-order valence-corrected chi connectivity index (χ1v) is 14.0. The Morgan fingerprint density at radius 2 is 1.98 bits per heavy atom. The Hall–Kier alpha value is -5.24. The molecule has 1 fully saturated rings. The monoisotopic (exact) mass is 581 g/mol. The molecule has 0 spiro atoms. The number of carbonyl (C=O) groups excluding carboxylic acids is 2. The molecule has 1 saturated heterocycles. The summed E-state index contributed by atoms with van der Waals surface area (Å²) < 4.78 is 18.5. The van der Waals surface area contributed by atoms with Crippen molar-refractivity contribution in [2.75, 3.05) is 18.4 Å². The van der Waals surface area contributed by atoms with Crippen molar-refractivity contribution in [3.05, 3.63) is 70.4 Å². The highest BCUT2D eigenvalue weighted by atomic mass is 19.1. The number of fused-ring (bicyclic) bond motifs is 3. The van der Waals surface area contributed by atoms with Gasteiger partial charge in [0.15, 0.2) is 0 Å². The number of carbonyl (C=O) groups is 2. The van der Waals surface area contributed by atoms with Gasteiger partial charge in [0.25, 0.3) is 11.3 Å². The van der Waals surface area contributed by atoms with Crippen LogP contribution < -0.4 is 15.5 Å². The van der Waals surface area contributed by atoms with Crippen LogP contribution in [-0.4, -0.2) is 64.2 Å². The third-order valence-corrected chi connectivity index (χ3v) is 8.93. The first-order valence-electron chi connectivity index (χ1n) is 14.0. The maximum Gasteiger partial charge on any atom is 0.336 e. The van der Waals surface area contributed by atoms with Crippen LogP contribution in [-0.2, 0) is 16.1 Å². The summed E-state index contributed by atoms with van der Waals surface area (Å²) >= 11 is 0.